The van der Waals surface area contributed by atoms with Crippen molar-refractivity contribution in [3.8, 4) is 0 Å². The van der Waals surface area contributed by atoms with Crippen LogP contribution >= 0.6 is 0 Å². The van der Waals surface area contributed by atoms with Crippen LogP contribution in [0.4, 0.5) is 4.79 Å². The summed E-state index contributed by atoms with van der Waals surface area (Å²) in [5.74, 6) is -1.53. The maximum absolute atomic E-state index is 12.6. The number of rotatable bonds is 3. The molecule has 0 aromatic heterocycles. The van der Waals surface area contributed by atoms with Crippen molar-refractivity contribution in [3.63, 3.8) is 0 Å². The van der Waals surface area contributed by atoms with Crippen molar-refractivity contribution >= 4 is 18.0 Å². The average Bonchev–Trinajstić information content (AvgIpc) is 2.96. The molecule has 118 valence electrons. The van der Waals surface area contributed by atoms with Crippen LogP contribution in [0, 0.1) is 0 Å². The molecule has 2 atom stereocenters. The number of likely N-dealkylation sites (tertiary alicyclic amines) is 1. The lowest BCUT2D eigenvalue weighted by molar-refractivity contribution is -0.149. The standard InChI is InChI=1S/C13H20N2O6/c1-2-21-12(18)9-4-3-5-14(9)13(19)15-6-7-20-8-10(15)11(16)17/h9-10H,2-8H2,1H3,(H,16,17). The van der Waals surface area contributed by atoms with Gasteiger partial charge in [-0.2, -0.15) is 0 Å². The highest BCUT2D eigenvalue weighted by atomic mass is 16.5. The van der Waals surface area contributed by atoms with Crippen molar-refractivity contribution < 1.29 is 29.0 Å². The molecule has 21 heavy (non-hydrogen) atoms. The molecule has 0 saturated carbocycles. The summed E-state index contributed by atoms with van der Waals surface area (Å²) in [7, 11) is 0. The summed E-state index contributed by atoms with van der Waals surface area (Å²) in [5.41, 5.74) is 0. The van der Waals surface area contributed by atoms with E-state index in [1.807, 2.05) is 0 Å². The molecular weight excluding hydrogens is 280 g/mol. The molecule has 2 heterocycles. The van der Waals surface area contributed by atoms with Gasteiger partial charge in [-0.3, -0.25) is 0 Å². The topological polar surface area (TPSA) is 96.4 Å². The van der Waals surface area contributed by atoms with Gasteiger partial charge in [0, 0.05) is 13.1 Å². The van der Waals surface area contributed by atoms with Crippen LogP contribution in [0.1, 0.15) is 19.8 Å². The lowest BCUT2D eigenvalue weighted by Crippen LogP contribution is -2.58. The maximum atomic E-state index is 12.6. The van der Waals surface area contributed by atoms with Crippen LogP contribution in [0.2, 0.25) is 0 Å². The molecular formula is C13H20N2O6. The van der Waals surface area contributed by atoms with Gasteiger partial charge < -0.3 is 24.4 Å². The van der Waals surface area contributed by atoms with Gasteiger partial charge in [0.2, 0.25) is 0 Å². The second-order valence-electron chi connectivity index (χ2n) is 5.01. The number of amides is 2. The molecule has 0 aromatic carbocycles. The van der Waals surface area contributed by atoms with Crippen molar-refractivity contribution in [2.24, 2.45) is 0 Å². The first kappa shape index (κ1) is 15.6. The fourth-order valence-corrected chi connectivity index (χ4v) is 2.68. The van der Waals surface area contributed by atoms with E-state index in [1.165, 1.54) is 9.80 Å². The summed E-state index contributed by atoms with van der Waals surface area (Å²) >= 11 is 0. The van der Waals surface area contributed by atoms with Crippen molar-refractivity contribution in [1.29, 1.82) is 0 Å². The monoisotopic (exact) mass is 300 g/mol. The van der Waals surface area contributed by atoms with Gasteiger partial charge >= 0.3 is 18.0 Å². The zero-order valence-electron chi connectivity index (χ0n) is 12.0. The molecule has 2 amide bonds. The Morgan fingerprint density at radius 2 is 1.95 bits per heavy atom. The Hall–Kier alpha value is -1.83. The number of aliphatic carboxylic acids is 1. The molecule has 2 saturated heterocycles. The Morgan fingerprint density at radius 3 is 2.62 bits per heavy atom. The number of morpholine rings is 1. The molecule has 0 radical (unpaired) electrons. The number of hydrogen-bond donors (Lipinski definition) is 1. The molecule has 2 unspecified atom stereocenters. The van der Waals surface area contributed by atoms with Gasteiger partial charge in [0.05, 0.1) is 19.8 Å². The van der Waals surface area contributed by atoms with Crippen LogP contribution in [0.15, 0.2) is 0 Å². The highest BCUT2D eigenvalue weighted by Gasteiger charge is 2.41. The summed E-state index contributed by atoms with van der Waals surface area (Å²) in [6.07, 6.45) is 1.25. The van der Waals surface area contributed by atoms with E-state index in [9.17, 15) is 19.5 Å². The number of carbonyl (C=O) groups is 3. The molecule has 0 aromatic rings. The Bertz CT molecular complexity index is 427. The highest BCUT2D eigenvalue weighted by molar-refractivity contribution is 5.87. The Labute approximate surface area is 122 Å². The number of nitrogens with zero attached hydrogens (tertiary/aromatic N) is 2. The highest BCUT2D eigenvalue weighted by Crippen LogP contribution is 2.22. The van der Waals surface area contributed by atoms with Gasteiger partial charge in [-0.1, -0.05) is 0 Å². The first-order chi connectivity index (χ1) is 10.1. The van der Waals surface area contributed by atoms with E-state index in [1.54, 1.807) is 6.92 Å². The number of carboxylic acids is 1. The van der Waals surface area contributed by atoms with E-state index in [4.69, 9.17) is 9.47 Å². The van der Waals surface area contributed by atoms with E-state index in [2.05, 4.69) is 0 Å². The molecule has 0 aliphatic carbocycles. The number of esters is 1. The lowest BCUT2D eigenvalue weighted by Gasteiger charge is -2.36. The fourth-order valence-electron chi connectivity index (χ4n) is 2.68. The molecule has 8 nitrogen and oxygen atoms in total. The smallest absolute Gasteiger partial charge is 0.328 e. The predicted octanol–water partition coefficient (Wildman–Crippen LogP) is -0.0807. The molecule has 2 aliphatic heterocycles. The van der Waals surface area contributed by atoms with Gasteiger partial charge in [0.15, 0.2) is 6.04 Å². The van der Waals surface area contributed by atoms with Crippen LogP contribution in [0.25, 0.3) is 0 Å². The third-order valence-corrected chi connectivity index (χ3v) is 3.72. The van der Waals surface area contributed by atoms with E-state index < -0.39 is 30.1 Å². The van der Waals surface area contributed by atoms with Crippen LogP contribution < -0.4 is 0 Å². The number of carboxylic acid groups (broad SMARTS) is 1. The fraction of sp³-hybridized carbons (Fsp3) is 0.769. The quantitative estimate of drug-likeness (QED) is 0.732. The lowest BCUT2D eigenvalue weighted by atomic mass is 10.2. The third kappa shape index (κ3) is 3.26. The van der Waals surface area contributed by atoms with Crippen LogP contribution in [0.3, 0.4) is 0 Å². The molecule has 2 aliphatic rings. The molecule has 2 rings (SSSR count). The van der Waals surface area contributed by atoms with E-state index in [0.29, 0.717) is 26.0 Å². The summed E-state index contributed by atoms with van der Waals surface area (Å²) in [5, 5.41) is 9.18. The second kappa shape index (κ2) is 6.75. The first-order valence-electron chi connectivity index (χ1n) is 7.10. The maximum Gasteiger partial charge on any atom is 0.328 e. The van der Waals surface area contributed by atoms with E-state index in [-0.39, 0.29) is 19.8 Å². The number of ether oxygens (including phenoxy) is 2. The van der Waals surface area contributed by atoms with Crippen molar-refractivity contribution in [1.82, 2.24) is 9.80 Å². The first-order valence-corrected chi connectivity index (χ1v) is 7.10. The molecule has 1 N–H and O–H groups in total. The van der Waals surface area contributed by atoms with E-state index >= 15 is 0 Å². The van der Waals surface area contributed by atoms with Gasteiger partial charge in [-0.05, 0) is 19.8 Å². The Kier molecular flexibility index (Phi) is 5.00. The van der Waals surface area contributed by atoms with Gasteiger partial charge in [-0.25, -0.2) is 14.4 Å². The largest absolute Gasteiger partial charge is 0.480 e. The van der Waals surface area contributed by atoms with Crippen LogP contribution in [-0.2, 0) is 19.1 Å². The minimum Gasteiger partial charge on any atom is -0.480 e. The number of hydrogen-bond acceptors (Lipinski definition) is 5. The van der Waals surface area contributed by atoms with Crippen LogP contribution in [0.5, 0.6) is 0 Å². The number of urea groups is 1. The molecule has 2 fully saturated rings. The van der Waals surface area contributed by atoms with Gasteiger partial charge in [-0.15, -0.1) is 0 Å². The average molecular weight is 300 g/mol. The molecule has 0 spiro atoms. The Morgan fingerprint density at radius 1 is 1.24 bits per heavy atom. The molecule has 8 heteroatoms. The van der Waals surface area contributed by atoms with Crippen molar-refractivity contribution in [2.45, 2.75) is 31.8 Å². The summed E-state index contributed by atoms with van der Waals surface area (Å²) < 4.78 is 10.1. The summed E-state index contributed by atoms with van der Waals surface area (Å²) in [6.45, 7) is 2.88. The van der Waals surface area contributed by atoms with E-state index in [0.717, 1.165) is 0 Å². The van der Waals surface area contributed by atoms with Gasteiger partial charge in [0.25, 0.3) is 0 Å². The zero-order valence-corrected chi connectivity index (χ0v) is 12.0. The Balaban J connectivity index is 2.10. The third-order valence-electron chi connectivity index (χ3n) is 3.72. The predicted molar refractivity (Wildman–Crippen MR) is 70.7 cm³/mol. The summed E-state index contributed by atoms with van der Waals surface area (Å²) in [6, 6.07) is -2.05. The summed E-state index contributed by atoms with van der Waals surface area (Å²) in [4.78, 5) is 38.3. The second-order valence-corrected chi connectivity index (χ2v) is 5.01. The van der Waals surface area contributed by atoms with Crippen molar-refractivity contribution in [3.05, 3.63) is 0 Å². The SMILES string of the molecule is CCOC(=O)C1CCCN1C(=O)N1CCOCC1C(=O)O. The van der Waals surface area contributed by atoms with Crippen molar-refractivity contribution in [2.75, 3.05) is 32.9 Å². The zero-order chi connectivity index (χ0) is 15.4. The van der Waals surface area contributed by atoms with Crippen LogP contribution in [-0.4, -0.2) is 77.9 Å². The normalized spacial score (nSPS) is 25.8. The molecule has 0 bridgehead atoms. The number of carbonyl (C=O) groups excluding carboxylic acids is 2. The van der Waals surface area contributed by atoms with Gasteiger partial charge in [0.1, 0.15) is 6.04 Å². The minimum absolute atomic E-state index is 0.0288. The minimum atomic E-state index is -1.10.